The Kier molecular flexibility index (Phi) is 7.65. The zero-order chi connectivity index (χ0) is 21.5. The number of hydrogen-bond acceptors (Lipinski definition) is 5. The van der Waals surface area contributed by atoms with Crippen LogP contribution in [0.15, 0.2) is 42.5 Å². The molecule has 0 bridgehead atoms. The van der Waals surface area contributed by atoms with Gasteiger partial charge in [0.15, 0.2) is 0 Å². The topological polar surface area (TPSA) is 87.5 Å². The molecule has 0 aliphatic carbocycles. The highest BCUT2D eigenvalue weighted by Gasteiger charge is 2.19. The summed E-state index contributed by atoms with van der Waals surface area (Å²) in [5.41, 5.74) is 1.34. The summed E-state index contributed by atoms with van der Waals surface area (Å²) in [6, 6.07) is 11.8. The molecule has 3 rings (SSSR count). The first-order valence-electron chi connectivity index (χ1n) is 10.2. The molecule has 1 aliphatic heterocycles. The molecule has 1 aliphatic rings. The summed E-state index contributed by atoms with van der Waals surface area (Å²) in [7, 11) is 2.12. The summed E-state index contributed by atoms with van der Waals surface area (Å²) in [5, 5.41) is 18.1. The van der Waals surface area contributed by atoms with E-state index in [9.17, 15) is 14.9 Å². The first kappa shape index (κ1) is 22.1. The van der Waals surface area contributed by atoms with E-state index in [1.807, 2.05) is 18.2 Å². The lowest BCUT2D eigenvalue weighted by Gasteiger charge is -2.28. The van der Waals surface area contributed by atoms with E-state index in [4.69, 9.17) is 11.6 Å². The molecular formula is C22H27ClN4O3. The lowest BCUT2D eigenvalue weighted by atomic mass is 9.94. The number of carbonyl (C=O) groups excluding carboxylic acids is 1. The highest BCUT2D eigenvalue weighted by atomic mass is 35.5. The molecule has 2 N–H and O–H groups in total. The molecule has 2 aromatic rings. The molecule has 0 spiro atoms. The lowest BCUT2D eigenvalue weighted by molar-refractivity contribution is -0.384. The molecule has 1 saturated heterocycles. The van der Waals surface area contributed by atoms with E-state index in [0.717, 1.165) is 37.9 Å². The van der Waals surface area contributed by atoms with Gasteiger partial charge in [-0.05, 0) is 69.1 Å². The average Bonchev–Trinajstić information content (AvgIpc) is 2.74. The fourth-order valence-corrected chi connectivity index (χ4v) is 3.85. The Morgan fingerprint density at radius 1 is 1.23 bits per heavy atom. The number of nitro groups is 1. The highest BCUT2D eigenvalue weighted by Crippen LogP contribution is 2.27. The van der Waals surface area contributed by atoms with Crippen LogP contribution in [-0.2, 0) is 6.54 Å². The largest absolute Gasteiger partial charge is 0.375 e. The van der Waals surface area contributed by atoms with E-state index in [-0.39, 0.29) is 17.2 Å². The van der Waals surface area contributed by atoms with E-state index >= 15 is 0 Å². The highest BCUT2D eigenvalue weighted by molar-refractivity contribution is 6.31. The predicted molar refractivity (Wildman–Crippen MR) is 119 cm³/mol. The second kappa shape index (κ2) is 10.4. The van der Waals surface area contributed by atoms with Crippen molar-refractivity contribution in [2.75, 3.05) is 32.0 Å². The number of carbonyl (C=O) groups is 1. The second-order valence-corrected chi connectivity index (χ2v) is 8.13. The average molecular weight is 431 g/mol. The number of nitrogens with zero attached hydrogens (tertiary/aromatic N) is 2. The Labute approximate surface area is 181 Å². The van der Waals surface area contributed by atoms with Gasteiger partial charge in [0, 0.05) is 29.7 Å². The van der Waals surface area contributed by atoms with Crippen LogP contribution in [0.25, 0.3) is 0 Å². The molecule has 8 heteroatoms. The maximum Gasteiger partial charge on any atom is 0.293 e. The Morgan fingerprint density at radius 2 is 1.97 bits per heavy atom. The number of likely N-dealkylation sites (tertiary alicyclic amines) is 1. The van der Waals surface area contributed by atoms with Gasteiger partial charge in [-0.15, -0.1) is 0 Å². The number of rotatable bonds is 8. The number of piperidine rings is 1. The van der Waals surface area contributed by atoms with Gasteiger partial charge in [0.1, 0.15) is 5.69 Å². The third kappa shape index (κ3) is 5.93. The summed E-state index contributed by atoms with van der Waals surface area (Å²) < 4.78 is 0. The normalized spacial score (nSPS) is 15.0. The van der Waals surface area contributed by atoms with Gasteiger partial charge in [0.25, 0.3) is 11.6 Å². The summed E-state index contributed by atoms with van der Waals surface area (Å²) >= 11 is 6.14. The molecule has 7 nitrogen and oxygen atoms in total. The molecule has 1 fully saturated rings. The minimum absolute atomic E-state index is 0.134. The molecule has 0 radical (unpaired) electrons. The maximum atomic E-state index is 12.5. The standard InChI is InChI=1S/C22H27ClN4O3/c1-26-12-9-16(10-13-26)8-11-24-22(28)17-6-7-20(21(14-17)27(29)30)25-15-18-4-2-3-5-19(18)23/h2-7,14,16,25H,8-13,15H2,1H3,(H,24,28). The fraction of sp³-hybridized carbons (Fsp3) is 0.409. The van der Waals surface area contributed by atoms with Gasteiger partial charge in [-0.25, -0.2) is 0 Å². The van der Waals surface area contributed by atoms with Crippen LogP contribution >= 0.6 is 11.6 Å². The van der Waals surface area contributed by atoms with E-state index in [2.05, 4.69) is 22.6 Å². The fourth-order valence-electron chi connectivity index (χ4n) is 3.65. The zero-order valence-corrected chi connectivity index (χ0v) is 17.8. The van der Waals surface area contributed by atoms with Crippen molar-refractivity contribution in [1.82, 2.24) is 10.2 Å². The van der Waals surface area contributed by atoms with Crippen LogP contribution in [-0.4, -0.2) is 42.4 Å². The van der Waals surface area contributed by atoms with Crippen molar-refractivity contribution in [2.24, 2.45) is 5.92 Å². The lowest BCUT2D eigenvalue weighted by Crippen LogP contribution is -2.32. The number of hydrogen-bond donors (Lipinski definition) is 2. The third-order valence-corrected chi connectivity index (χ3v) is 5.93. The number of halogens is 1. The Morgan fingerprint density at radius 3 is 2.67 bits per heavy atom. The number of benzene rings is 2. The number of nitro benzene ring substituents is 1. The SMILES string of the molecule is CN1CCC(CCNC(=O)c2ccc(NCc3ccccc3Cl)c([N+](=O)[O-])c2)CC1. The molecule has 160 valence electrons. The molecule has 0 saturated carbocycles. The molecule has 1 heterocycles. The van der Waals surface area contributed by atoms with Crippen LogP contribution in [0.1, 0.15) is 35.2 Å². The third-order valence-electron chi connectivity index (χ3n) is 5.56. The minimum atomic E-state index is -0.482. The Hall–Kier alpha value is -2.64. The quantitative estimate of drug-likeness (QED) is 0.481. The van der Waals surface area contributed by atoms with Gasteiger partial charge in [-0.3, -0.25) is 14.9 Å². The first-order chi connectivity index (χ1) is 14.4. The Bertz CT molecular complexity index is 898. The molecule has 30 heavy (non-hydrogen) atoms. The van der Waals surface area contributed by atoms with Crippen LogP contribution in [0, 0.1) is 16.0 Å². The number of nitrogens with one attached hydrogen (secondary N) is 2. The van der Waals surface area contributed by atoms with Crippen LogP contribution < -0.4 is 10.6 Å². The van der Waals surface area contributed by atoms with E-state index in [1.165, 1.54) is 6.07 Å². The van der Waals surface area contributed by atoms with Gasteiger partial charge < -0.3 is 15.5 Å². The smallest absolute Gasteiger partial charge is 0.293 e. The van der Waals surface area contributed by atoms with Crippen molar-refractivity contribution in [2.45, 2.75) is 25.8 Å². The van der Waals surface area contributed by atoms with Gasteiger partial charge in [0.05, 0.1) is 4.92 Å². The molecule has 0 atom stereocenters. The zero-order valence-electron chi connectivity index (χ0n) is 17.1. The van der Waals surface area contributed by atoms with Crippen molar-refractivity contribution in [3.63, 3.8) is 0 Å². The number of anilines is 1. The molecule has 2 aromatic carbocycles. The maximum absolute atomic E-state index is 12.5. The van der Waals surface area contributed by atoms with Crippen LogP contribution in [0.2, 0.25) is 5.02 Å². The monoisotopic (exact) mass is 430 g/mol. The van der Waals surface area contributed by atoms with Gasteiger partial charge in [-0.1, -0.05) is 29.8 Å². The van der Waals surface area contributed by atoms with Crippen molar-refractivity contribution < 1.29 is 9.72 Å². The second-order valence-electron chi connectivity index (χ2n) is 7.73. The summed E-state index contributed by atoms with van der Waals surface area (Å²) in [4.78, 5) is 25.8. The first-order valence-corrected chi connectivity index (χ1v) is 10.5. The van der Waals surface area contributed by atoms with Crippen molar-refractivity contribution in [3.05, 3.63) is 68.7 Å². The van der Waals surface area contributed by atoms with Crippen LogP contribution in [0.4, 0.5) is 11.4 Å². The summed E-state index contributed by atoms with van der Waals surface area (Å²) in [6.07, 6.45) is 3.21. The van der Waals surface area contributed by atoms with Crippen molar-refractivity contribution >= 4 is 28.9 Å². The molecule has 1 amide bonds. The number of amides is 1. The van der Waals surface area contributed by atoms with Gasteiger partial charge in [-0.2, -0.15) is 0 Å². The van der Waals surface area contributed by atoms with Crippen LogP contribution in [0.3, 0.4) is 0 Å². The molecule has 0 aromatic heterocycles. The van der Waals surface area contributed by atoms with Crippen LogP contribution in [0.5, 0.6) is 0 Å². The predicted octanol–water partition coefficient (Wildman–Crippen LogP) is 4.32. The van der Waals surface area contributed by atoms with E-state index in [1.54, 1.807) is 18.2 Å². The summed E-state index contributed by atoms with van der Waals surface area (Å²) in [6.45, 7) is 3.11. The van der Waals surface area contributed by atoms with E-state index < -0.39 is 4.92 Å². The van der Waals surface area contributed by atoms with Gasteiger partial charge >= 0.3 is 0 Å². The summed E-state index contributed by atoms with van der Waals surface area (Å²) in [5.74, 6) is 0.330. The molecule has 0 unspecified atom stereocenters. The Balaban J connectivity index is 1.59. The van der Waals surface area contributed by atoms with E-state index in [0.29, 0.717) is 29.7 Å². The van der Waals surface area contributed by atoms with Crippen molar-refractivity contribution in [3.8, 4) is 0 Å². The van der Waals surface area contributed by atoms with Gasteiger partial charge in [0.2, 0.25) is 0 Å². The van der Waals surface area contributed by atoms with Crippen molar-refractivity contribution in [1.29, 1.82) is 0 Å². The molecular weight excluding hydrogens is 404 g/mol. The minimum Gasteiger partial charge on any atom is -0.375 e.